The number of alkyl halides is 2. The van der Waals surface area contributed by atoms with Gasteiger partial charge >= 0.3 is 12.6 Å². The van der Waals surface area contributed by atoms with Gasteiger partial charge in [0.1, 0.15) is 5.75 Å². The Bertz CT molecular complexity index is 811. The number of hydrogen-bond donors (Lipinski definition) is 1. The SMILES string of the molecule is COc1ccc(CC(=O)OCC(=O)Nc2ccc(OC(F)F)cc2)cc1OC. The fraction of sp³-hybridized carbons (Fsp3) is 0.263. The van der Waals surface area contributed by atoms with Crippen LogP contribution in [0.2, 0.25) is 0 Å². The molecule has 0 radical (unpaired) electrons. The number of methoxy groups -OCH3 is 2. The van der Waals surface area contributed by atoms with Gasteiger partial charge in [0.05, 0.1) is 20.6 Å². The molecule has 0 bridgehead atoms. The van der Waals surface area contributed by atoms with E-state index in [4.69, 9.17) is 14.2 Å². The molecule has 0 fully saturated rings. The highest BCUT2D eigenvalue weighted by Crippen LogP contribution is 2.27. The summed E-state index contributed by atoms with van der Waals surface area (Å²) in [6, 6.07) is 10.3. The quantitative estimate of drug-likeness (QED) is 0.657. The lowest BCUT2D eigenvalue weighted by Crippen LogP contribution is -2.21. The Morgan fingerprint density at radius 2 is 1.68 bits per heavy atom. The van der Waals surface area contributed by atoms with Crippen LogP contribution in [0, 0.1) is 0 Å². The Kier molecular flexibility index (Phi) is 7.55. The Balaban J connectivity index is 1.81. The van der Waals surface area contributed by atoms with Crippen molar-refractivity contribution < 1.29 is 37.3 Å². The normalized spacial score (nSPS) is 10.3. The van der Waals surface area contributed by atoms with Crippen molar-refractivity contribution in [3.63, 3.8) is 0 Å². The molecule has 0 spiro atoms. The van der Waals surface area contributed by atoms with Crippen LogP contribution in [0.1, 0.15) is 5.56 Å². The lowest BCUT2D eigenvalue weighted by Gasteiger charge is -2.10. The maximum atomic E-state index is 12.1. The zero-order chi connectivity index (χ0) is 20.5. The number of anilines is 1. The summed E-state index contributed by atoms with van der Waals surface area (Å²) in [5, 5.41) is 2.48. The predicted molar refractivity (Wildman–Crippen MR) is 95.9 cm³/mol. The van der Waals surface area contributed by atoms with Crippen LogP contribution in [0.5, 0.6) is 17.2 Å². The summed E-state index contributed by atoms with van der Waals surface area (Å²) in [6.07, 6.45) is -0.0483. The average Bonchev–Trinajstić information content (AvgIpc) is 2.67. The average molecular weight is 395 g/mol. The number of esters is 1. The van der Waals surface area contributed by atoms with Crippen molar-refractivity contribution in [1.29, 1.82) is 0 Å². The molecular formula is C19H19F2NO6. The molecule has 0 aliphatic rings. The van der Waals surface area contributed by atoms with E-state index in [2.05, 4.69) is 10.1 Å². The number of ether oxygens (including phenoxy) is 4. The minimum atomic E-state index is -2.93. The minimum Gasteiger partial charge on any atom is -0.493 e. The number of halogens is 2. The Morgan fingerprint density at radius 1 is 1.00 bits per heavy atom. The van der Waals surface area contributed by atoms with Crippen molar-refractivity contribution in [2.24, 2.45) is 0 Å². The van der Waals surface area contributed by atoms with E-state index in [1.165, 1.54) is 38.5 Å². The third-order valence-electron chi connectivity index (χ3n) is 3.52. The summed E-state index contributed by atoms with van der Waals surface area (Å²) in [5.41, 5.74) is 0.986. The standard InChI is InChI=1S/C19H19F2NO6/c1-25-15-8-3-12(9-16(15)26-2)10-18(24)27-11-17(23)22-13-4-6-14(7-5-13)28-19(20)21/h3-9,19H,10-11H2,1-2H3,(H,22,23). The van der Waals surface area contributed by atoms with Crippen molar-refractivity contribution in [3.05, 3.63) is 48.0 Å². The summed E-state index contributed by atoms with van der Waals surface area (Å²) < 4.78 is 43.6. The van der Waals surface area contributed by atoms with Gasteiger partial charge in [-0.2, -0.15) is 8.78 Å². The van der Waals surface area contributed by atoms with Crippen molar-refractivity contribution >= 4 is 17.6 Å². The van der Waals surface area contributed by atoms with Gasteiger partial charge in [-0.3, -0.25) is 9.59 Å². The number of benzene rings is 2. The van der Waals surface area contributed by atoms with E-state index in [1.54, 1.807) is 18.2 Å². The Labute approximate surface area is 160 Å². The van der Waals surface area contributed by atoms with Crippen LogP contribution in [-0.2, 0) is 20.7 Å². The molecule has 0 heterocycles. The molecule has 28 heavy (non-hydrogen) atoms. The summed E-state index contributed by atoms with van der Waals surface area (Å²) in [5.74, 6) is -0.186. The number of rotatable bonds is 9. The third-order valence-corrected chi connectivity index (χ3v) is 3.52. The molecule has 2 aromatic carbocycles. The third kappa shape index (κ3) is 6.42. The number of carbonyl (C=O) groups is 2. The van der Waals surface area contributed by atoms with Gasteiger partial charge in [0.2, 0.25) is 0 Å². The van der Waals surface area contributed by atoms with E-state index >= 15 is 0 Å². The van der Waals surface area contributed by atoms with Gasteiger partial charge in [0.15, 0.2) is 18.1 Å². The first-order valence-corrected chi connectivity index (χ1v) is 8.12. The van der Waals surface area contributed by atoms with Crippen LogP contribution in [0.4, 0.5) is 14.5 Å². The molecule has 0 aromatic heterocycles. The van der Waals surface area contributed by atoms with E-state index in [0.29, 0.717) is 22.7 Å². The summed E-state index contributed by atoms with van der Waals surface area (Å²) in [7, 11) is 2.99. The molecule has 2 aromatic rings. The maximum Gasteiger partial charge on any atom is 0.387 e. The van der Waals surface area contributed by atoms with Crippen LogP contribution in [0.15, 0.2) is 42.5 Å². The van der Waals surface area contributed by atoms with E-state index in [1.807, 2.05) is 0 Å². The summed E-state index contributed by atoms with van der Waals surface area (Å²) in [4.78, 5) is 23.7. The molecule has 0 unspecified atom stereocenters. The van der Waals surface area contributed by atoms with Crippen molar-refractivity contribution in [2.75, 3.05) is 26.1 Å². The second-order valence-electron chi connectivity index (χ2n) is 5.48. The van der Waals surface area contributed by atoms with Crippen LogP contribution in [-0.4, -0.2) is 39.3 Å². The fourth-order valence-corrected chi connectivity index (χ4v) is 2.27. The molecule has 0 saturated carbocycles. The van der Waals surface area contributed by atoms with Gasteiger partial charge in [-0.25, -0.2) is 0 Å². The second-order valence-corrected chi connectivity index (χ2v) is 5.48. The second kappa shape index (κ2) is 10.1. The largest absolute Gasteiger partial charge is 0.493 e. The highest BCUT2D eigenvalue weighted by molar-refractivity contribution is 5.92. The summed E-state index contributed by atoms with van der Waals surface area (Å²) >= 11 is 0. The molecule has 9 heteroatoms. The van der Waals surface area contributed by atoms with E-state index in [-0.39, 0.29) is 12.2 Å². The van der Waals surface area contributed by atoms with Crippen LogP contribution in [0.3, 0.4) is 0 Å². The Hall–Kier alpha value is -3.36. The fourth-order valence-electron chi connectivity index (χ4n) is 2.27. The van der Waals surface area contributed by atoms with Crippen LogP contribution < -0.4 is 19.5 Å². The topological polar surface area (TPSA) is 83.1 Å². The highest BCUT2D eigenvalue weighted by Gasteiger charge is 2.12. The van der Waals surface area contributed by atoms with Gasteiger partial charge in [0, 0.05) is 5.69 Å². The lowest BCUT2D eigenvalue weighted by molar-refractivity contribution is -0.146. The van der Waals surface area contributed by atoms with Crippen LogP contribution in [0.25, 0.3) is 0 Å². The first-order chi connectivity index (χ1) is 13.4. The van der Waals surface area contributed by atoms with E-state index in [0.717, 1.165) is 0 Å². The van der Waals surface area contributed by atoms with Gasteiger partial charge < -0.3 is 24.3 Å². The number of carbonyl (C=O) groups excluding carboxylic acids is 2. The van der Waals surface area contributed by atoms with Crippen molar-refractivity contribution in [3.8, 4) is 17.2 Å². The van der Waals surface area contributed by atoms with Crippen molar-refractivity contribution in [1.82, 2.24) is 0 Å². The predicted octanol–water partition coefficient (Wildman–Crippen LogP) is 3.03. The summed E-state index contributed by atoms with van der Waals surface area (Å²) in [6.45, 7) is -3.41. The van der Waals surface area contributed by atoms with Crippen molar-refractivity contribution in [2.45, 2.75) is 13.0 Å². The molecule has 0 aliphatic heterocycles. The smallest absolute Gasteiger partial charge is 0.387 e. The molecular weight excluding hydrogens is 376 g/mol. The highest BCUT2D eigenvalue weighted by atomic mass is 19.3. The van der Waals surface area contributed by atoms with Gasteiger partial charge in [-0.15, -0.1) is 0 Å². The first-order valence-electron chi connectivity index (χ1n) is 8.12. The Morgan fingerprint density at radius 3 is 2.29 bits per heavy atom. The molecule has 7 nitrogen and oxygen atoms in total. The van der Waals surface area contributed by atoms with E-state index < -0.39 is 25.1 Å². The van der Waals surface area contributed by atoms with Crippen LogP contribution >= 0.6 is 0 Å². The molecule has 2 rings (SSSR count). The molecule has 0 saturated heterocycles. The molecule has 0 aliphatic carbocycles. The molecule has 150 valence electrons. The number of nitrogens with one attached hydrogen (secondary N) is 1. The maximum absolute atomic E-state index is 12.1. The first kappa shape index (κ1) is 20.9. The molecule has 1 N–H and O–H groups in total. The zero-order valence-electron chi connectivity index (χ0n) is 15.2. The van der Waals surface area contributed by atoms with Gasteiger partial charge in [-0.05, 0) is 42.0 Å². The van der Waals surface area contributed by atoms with Gasteiger partial charge in [0.25, 0.3) is 5.91 Å². The van der Waals surface area contributed by atoms with Gasteiger partial charge in [-0.1, -0.05) is 6.07 Å². The molecule has 1 amide bonds. The lowest BCUT2D eigenvalue weighted by atomic mass is 10.1. The van der Waals surface area contributed by atoms with E-state index in [9.17, 15) is 18.4 Å². The zero-order valence-corrected chi connectivity index (χ0v) is 15.2. The monoisotopic (exact) mass is 395 g/mol. The molecule has 0 atom stereocenters. The number of amides is 1. The minimum absolute atomic E-state index is 0.0330. The number of hydrogen-bond acceptors (Lipinski definition) is 6.